The number of hydrogen-bond donors (Lipinski definition) is 0. The average Bonchev–Trinajstić information content (AvgIpc) is 3.47. The summed E-state index contributed by atoms with van der Waals surface area (Å²) in [7, 11) is 2.24. The van der Waals surface area contributed by atoms with Gasteiger partial charge in [0.25, 0.3) is 0 Å². The van der Waals surface area contributed by atoms with E-state index in [1.165, 1.54) is 65.5 Å². The van der Waals surface area contributed by atoms with Gasteiger partial charge < -0.3 is 0 Å². The van der Waals surface area contributed by atoms with Gasteiger partial charge in [-0.3, -0.25) is 0 Å². The van der Waals surface area contributed by atoms with E-state index >= 15 is 0 Å². The minimum atomic E-state index is -0.419. The third-order valence-corrected chi connectivity index (χ3v) is 9.20. The van der Waals surface area contributed by atoms with Crippen LogP contribution >= 0.6 is 11.8 Å². The smallest absolute Gasteiger partial charge is 0.223 e. The van der Waals surface area contributed by atoms with Gasteiger partial charge in [-0.1, -0.05) is 60.3 Å². The van der Waals surface area contributed by atoms with Crippen molar-refractivity contribution in [3.05, 3.63) is 114 Å². The summed E-state index contributed by atoms with van der Waals surface area (Å²) in [6.07, 6.45) is 2.27. The molecule has 4 heteroatoms. The number of nitrogens with zero attached hydrogens (tertiary/aromatic N) is 3. The van der Waals surface area contributed by atoms with Gasteiger partial charge in [0.15, 0.2) is 22.9 Å². The minimum absolute atomic E-state index is 0.419. The minimum Gasteiger partial charge on any atom is -0.223 e. The second kappa shape index (κ2) is 5.60. The van der Waals surface area contributed by atoms with Crippen molar-refractivity contribution in [3.63, 3.8) is 0 Å². The summed E-state index contributed by atoms with van der Waals surface area (Å²) in [5, 5.41) is 2.63. The molecule has 1 atom stereocenters. The fourth-order valence-corrected chi connectivity index (χ4v) is 8.08. The predicted molar refractivity (Wildman–Crippen MR) is 133 cm³/mol. The lowest BCUT2D eigenvalue weighted by Gasteiger charge is -2.20. The first-order chi connectivity index (χ1) is 16.8. The number of rotatable bonds is 0. The van der Waals surface area contributed by atoms with E-state index in [4.69, 9.17) is 0 Å². The van der Waals surface area contributed by atoms with Crippen LogP contribution in [0.5, 0.6) is 0 Å². The zero-order chi connectivity index (χ0) is 22.2. The van der Waals surface area contributed by atoms with Gasteiger partial charge in [0.1, 0.15) is 0 Å². The van der Waals surface area contributed by atoms with E-state index in [0.29, 0.717) is 0 Å². The van der Waals surface area contributed by atoms with E-state index < -0.39 is 5.54 Å². The normalized spacial score (nSPS) is 18.1. The number of fused-ring (bicyclic) bond motifs is 9. The Balaban J connectivity index is 1.62. The third kappa shape index (κ3) is 1.67. The van der Waals surface area contributed by atoms with Gasteiger partial charge in [-0.2, -0.15) is 9.13 Å². The molecule has 0 fully saturated rings. The highest BCUT2D eigenvalue weighted by atomic mass is 32.2. The number of aryl methyl sites for hydroxylation is 1. The van der Waals surface area contributed by atoms with Gasteiger partial charge >= 0.3 is 11.4 Å². The van der Waals surface area contributed by atoms with E-state index in [-0.39, 0.29) is 0 Å². The summed E-state index contributed by atoms with van der Waals surface area (Å²) in [6, 6.07) is 33.6. The van der Waals surface area contributed by atoms with Crippen molar-refractivity contribution in [1.29, 1.82) is 0 Å². The fraction of sp³-hybridized carbons (Fsp3) is 0.0667. The summed E-state index contributed by atoms with van der Waals surface area (Å²) in [5.74, 6) is 1.31. The summed E-state index contributed by atoms with van der Waals surface area (Å²) in [4.78, 5) is 2.70. The zero-order valence-electron chi connectivity index (χ0n) is 18.5. The van der Waals surface area contributed by atoms with Gasteiger partial charge in [-0.25, -0.2) is 4.57 Å². The summed E-state index contributed by atoms with van der Waals surface area (Å²) >= 11 is 1.93. The highest BCUT2D eigenvalue weighted by Crippen LogP contribution is 2.56. The molecule has 3 aliphatic rings. The molecule has 34 heavy (non-hydrogen) atoms. The molecule has 1 unspecified atom stereocenters. The van der Waals surface area contributed by atoms with E-state index in [0.717, 1.165) is 0 Å². The molecule has 4 aromatic carbocycles. The molecular formula is C30H19N3S+2. The average molecular weight is 454 g/mol. The number of hydrogen-bond acceptors (Lipinski definition) is 1. The molecule has 1 spiro atoms. The van der Waals surface area contributed by atoms with E-state index in [2.05, 4.69) is 118 Å². The zero-order valence-corrected chi connectivity index (χ0v) is 19.3. The van der Waals surface area contributed by atoms with Crippen molar-refractivity contribution < 1.29 is 9.13 Å². The van der Waals surface area contributed by atoms with Crippen LogP contribution in [0.15, 0.2) is 107 Å². The molecule has 5 heterocycles. The first-order valence-corrected chi connectivity index (χ1v) is 12.5. The van der Waals surface area contributed by atoms with Gasteiger partial charge in [-0.05, 0) is 41.1 Å². The Kier molecular flexibility index (Phi) is 2.89. The predicted octanol–water partition coefficient (Wildman–Crippen LogP) is 5.49. The van der Waals surface area contributed by atoms with E-state index in [1.54, 1.807) is 0 Å². The Hall–Kier alpha value is -3.89. The first-order valence-electron chi connectivity index (χ1n) is 11.7. The van der Waals surface area contributed by atoms with Crippen molar-refractivity contribution in [3.8, 4) is 16.9 Å². The molecule has 2 aromatic heterocycles. The molecule has 0 saturated carbocycles. The molecule has 9 rings (SSSR count). The summed E-state index contributed by atoms with van der Waals surface area (Å²) < 4.78 is 7.53. The molecular weight excluding hydrogens is 434 g/mol. The first kappa shape index (κ1) is 17.6. The molecule has 0 radical (unpaired) electrons. The maximum absolute atomic E-state index is 2.57. The number of aromatic nitrogens is 3. The molecule has 0 saturated heterocycles. The Labute approximate surface area is 200 Å². The van der Waals surface area contributed by atoms with Crippen molar-refractivity contribution >= 4 is 33.6 Å². The molecule has 3 aliphatic heterocycles. The maximum atomic E-state index is 2.57. The molecule has 0 aliphatic carbocycles. The van der Waals surface area contributed by atoms with Crippen LogP contribution in [0.1, 0.15) is 17.0 Å². The highest BCUT2D eigenvalue weighted by Gasteiger charge is 2.68. The van der Waals surface area contributed by atoms with Gasteiger partial charge in [-0.15, -0.1) is 0 Å². The third-order valence-electron chi connectivity index (χ3n) is 8.03. The molecule has 0 amide bonds. The lowest BCUT2D eigenvalue weighted by Crippen LogP contribution is -2.57. The number of pyridine rings is 1. The second-order valence-electron chi connectivity index (χ2n) is 9.48. The molecule has 0 N–H and O–H groups in total. The molecule has 3 nitrogen and oxygen atoms in total. The van der Waals surface area contributed by atoms with Gasteiger partial charge in [0, 0.05) is 12.1 Å². The van der Waals surface area contributed by atoms with Crippen molar-refractivity contribution in [2.24, 2.45) is 7.05 Å². The van der Waals surface area contributed by atoms with Crippen LogP contribution in [0.25, 0.3) is 38.8 Å². The Morgan fingerprint density at radius 2 is 1.68 bits per heavy atom. The lowest BCUT2D eigenvalue weighted by atomic mass is 9.82. The maximum Gasteiger partial charge on any atom is 0.346 e. The number of imidazole rings is 1. The quantitative estimate of drug-likeness (QED) is 0.277. The van der Waals surface area contributed by atoms with E-state index in [9.17, 15) is 0 Å². The lowest BCUT2D eigenvalue weighted by molar-refractivity contribution is -0.733. The highest BCUT2D eigenvalue weighted by molar-refractivity contribution is 8.00. The number of para-hydroxylation sites is 1. The van der Waals surface area contributed by atoms with Crippen molar-refractivity contribution in [2.75, 3.05) is 0 Å². The fourth-order valence-electron chi connectivity index (χ4n) is 6.83. The SMILES string of the molecule is Cn1c2[n+]3c4c(cccc41)Sc1c-3c(cc3ccccc13)C21c2ccccc2-c2cccc[n+]21. The largest absolute Gasteiger partial charge is 0.346 e. The molecule has 0 bridgehead atoms. The van der Waals surface area contributed by atoms with Crippen LogP contribution in [0.3, 0.4) is 0 Å². The standard InChI is InChI=1S/C30H19N3S/c1-31-24-14-8-15-25-27(24)33-26-22(17-18-9-2-3-10-19(18)28(26)34-25)30(29(31)33)21-12-5-4-11-20(21)23-13-6-7-16-32(23)30/h2-17H,1H3/q+2. The monoisotopic (exact) mass is 453 g/mol. The van der Waals surface area contributed by atoms with Crippen LogP contribution in [0.4, 0.5) is 0 Å². The molecule has 6 aromatic rings. The topological polar surface area (TPSA) is 12.7 Å². The second-order valence-corrected chi connectivity index (χ2v) is 10.5. The van der Waals surface area contributed by atoms with Crippen LogP contribution in [0, 0.1) is 0 Å². The summed E-state index contributed by atoms with van der Waals surface area (Å²) in [6.45, 7) is 0. The Morgan fingerprint density at radius 1 is 0.824 bits per heavy atom. The van der Waals surface area contributed by atoms with Gasteiger partial charge in [0.2, 0.25) is 5.69 Å². The van der Waals surface area contributed by atoms with Crippen molar-refractivity contribution in [2.45, 2.75) is 15.3 Å². The van der Waals surface area contributed by atoms with Crippen molar-refractivity contribution in [1.82, 2.24) is 4.57 Å². The Bertz CT molecular complexity index is 1870. The molecule has 158 valence electrons. The number of benzene rings is 4. The van der Waals surface area contributed by atoms with Crippen LogP contribution < -0.4 is 9.13 Å². The van der Waals surface area contributed by atoms with Crippen LogP contribution in [-0.2, 0) is 12.6 Å². The van der Waals surface area contributed by atoms with Crippen LogP contribution in [-0.4, -0.2) is 4.57 Å². The Morgan fingerprint density at radius 3 is 2.65 bits per heavy atom. The van der Waals surface area contributed by atoms with Gasteiger partial charge in [0.05, 0.1) is 33.5 Å². The summed E-state index contributed by atoms with van der Waals surface area (Å²) in [5.41, 5.74) is 8.85. The van der Waals surface area contributed by atoms with E-state index in [1.807, 2.05) is 11.8 Å². The van der Waals surface area contributed by atoms with Crippen LogP contribution in [0.2, 0.25) is 0 Å².